The number of ether oxygens (including phenoxy) is 1. The summed E-state index contributed by atoms with van der Waals surface area (Å²) in [7, 11) is 0. The molecule has 6 nitrogen and oxygen atoms in total. The van der Waals surface area contributed by atoms with Gasteiger partial charge in [0.25, 0.3) is 5.91 Å². The Labute approximate surface area is 218 Å². The summed E-state index contributed by atoms with van der Waals surface area (Å²) in [4.78, 5) is 28.5. The number of nitrogens with zero attached hydrogens (tertiary/aromatic N) is 1. The molecule has 1 aromatic rings. The summed E-state index contributed by atoms with van der Waals surface area (Å²) in [5.41, 5.74) is -0.190. The van der Waals surface area contributed by atoms with E-state index in [1.54, 1.807) is 6.07 Å². The maximum Gasteiger partial charge on any atom is 0.258 e. The Bertz CT molecular complexity index is 961. The topological polar surface area (TPSA) is 70.7 Å². The van der Waals surface area contributed by atoms with E-state index in [2.05, 4.69) is 22.5 Å². The van der Waals surface area contributed by atoms with E-state index in [-0.39, 0.29) is 46.7 Å². The largest absolute Gasteiger partial charge is 0.484 e. The molecule has 36 heavy (non-hydrogen) atoms. The standard InChI is InChI=1S/C28H39ClFN3O3/c1-18-10-11-33(20-6-4-2-3-5-7-20)16-22(18)27(35)32-28-13-19(14-28)25(15-28)31-26(34)17-36-21-8-9-23(29)24(30)12-21/h8-9,12,18-20,22,25H,2-7,10-11,13-17H2,1H3,(H,31,34)(H,32,35)/t18?,19?,22?,25-,28?/m0/s1. The molecule has 1 aliphatic heterocycles. The van der Waals surface area contributed by atoms with Crippen LogP contribution in [-0.4, -0.2) is 54.0 Å². The Morgan fingerprint density at radius 1 is 1.14 bits per heavy atom. The summed E-state index contributed by atoms with van der Waals surface area (Å²) >= 11 is 5.69. The zero-order chi connectivity index (χ0) is 25.3. The third-order valence-corrected chi connectivity index (χ3v) is 9.46. The van der Waals surface area contributed by atoms with Gasteiger partial charge in [0.15, 0.2) is 6.61 Å². The molecule has 1 heterocycles. The summed E-state index contributed by atoms with van der Waals surface area (Å²) in [5.74, 6) is 0.472. The Balaban J connectivity index is 1.10. The number of hydrogen-bond acceptors (Lipinski definition) is 4. The minimum Gasteiger partial charge on any atom is -0.484 e. The molecule has 8 heteroatoms. The molecule has 2 unspecified atom stereocenters. The normalized spacial score (nSPS) is 32.9. The van der Waals surface area contributed by atoms with Crippen LogP contribution in [-0.2, 0) is 9.59 Å². The second kappa shape index (κ2) is 10.9. The first-order valence-electron chi connectivity index (χ1n) is 13.8. The molecule has 3 atom stereocenters. The van der Waals surface area contributed by atoms with Crippen molar-refractivity contribution in [1.82, 2.24) is 15.5 Å². The van der Waals surface area contributed by atoms with E-state index in [1.165, 1.54) is 50.7 Å². The quantitative estimate of drug-likeness (QED) is 0.513. The maximum atomic E-state index is 13.6. The lowest BCUT2D eigenvalue weighted by atomic mass is 9.75. The van der Waals surface area contributed by atoms with E-state index in [1.807, 2.05) is 0 Å². The third-order valence-electron chi connectivity index (χ3n) is 9.15. The second-order valence-electron chi connectivity index (χ2n) is 11.7. The van der Waals surface area contributed by atoms with Gasteiger partial charge in [-0.25, -0.2) is 4.39 Å². The van der Waals surface area contributed by atoms with Crippen LogP contribution in [0.15, 0.2) is 18.2 Å². The number of amides is 2. The monoisotopic (exact) mass is 519 g/mol. The third kappa shape index (κ3) is 5.67. The van der Waals surface area contributed by atoms with Crippen molar-refractivity contribution in [3.63, 3.8) is 0 Å². The van der Waals surface area contributed by atoms with Gasteiger partial charge in [0.2, 0.25) is 5.91 Å². The summed E-state index contributed by atoms with van der Waals surface area (Å²) in [6.45, 7) is 4.03. The van der Waals surface area contributed by atoms with Gasteiger partial charge < -0.3 is 15.4 Å². The molecule has 4 saturated carbocycles. The van der Waals surface area contributed by atoms with Crippen LogP contribution in [0.2, 0.25) is 5.02 Å². The average Bonchev–Trinajstić information content (AvgIpc) is 3.19. The molecule has 2 N–H and O–H groups in total. The number of rotatable bonds is 7. The highest BCUT2D eigenvalue weighted by Gasteiger charge is 2.57. The molecule has 2 bridgehead atoms. The van der Waals surface area contributed by atoms with Crippen LogP contribution in [0.4, 0.5) is 4.39 Å². The van der Waals surface area contributed by atoms with Crippen LogP contribution in [0, 0.1) is 23.6 Å². The van der Waals surface area contributed by atoms with Gasteiger partial charge in [0.05, 0.1) is 10.9 Å². The minimum atomic E-state index is -0.575. The van der Waals surface area contributed by atoms with Crippen LogP contribution in [0.3, 0.4) is 0 Å². The zero-order valence-corrected chi connectivity index (χ0v) is 22.0. The van der Waals surface area contributed by atoms with Gasteiger partial charge in [-0.2, -0.15) is 0 Å². The van der Waals surface area contributed by atoms with Crippen molar-refractivity contribution in [2.45, 2.75) is 88.8 Å². The fraction of sp³-hybridized carbons (Fsp3) is 0.714. The second-order valence-corrected chi connectivity index (χ2v) is 12.1. The number of fused-ring (bicyclic) bond motifs is 1. The Morgan fingerprint density at radius 2 is 1.89 bits per heavy atom. The van der Waals surface area contributed by atoms with Crippen LogP contribution in [0.25, 0.3) is 0 Å². The first kappa shape index (κ1) is 25.8. The van der Waals surface area contributed by atoms with Crippen LogP contribution in [0.1, 0.15) is 71.1 Å². The minimum absolute atomic E-state index is 0.0182. The Morgan fingerprint density at radius 3 is 2.61 bits per heavy atom. The number of piperidine rings is 1. The van der Waals surface area contributed by atoms with Gasteiger partial charge in [-0.15, -0.1) is 0 Å². The van der Waals surface area contributed by atoms with Crippen molar-refractivity contribution >= 4 is 23.4 Å². The molecule has 2 amide bonds. The molecule has 5 fully saturated rings. The van der Waals surface area contributed by atoms with Gasteiger partial charge >= 0.3 is 0 Å². The SMILES string of the molecule is CC1CCN(C2CCCCCC2)CC1C(=O)NC12CC(C1)[C@@H](NC(=O)COc1ccc(Cl)c(F)c1)C2. The number of likely N-dealkylation sites (tertiary alicyclic amines) is 1. The molecule has 1 saturated heterocycles. The zero-order valence-electron chi connectivity index (χ0n) is 21.2. The van der Waals surface area contributed by atoms with E-state index < -0.39 is 5.82 Å². The number of hydrogen-bond donors (Lipinski definition) is 2. The molecule has 0 radical (unpaired) electrons. The number of carbonyl (C=O) groups is 2. The smallest absolute Gasteiger partial charge is 0.258 e. The highest BCUT2D eigenvalue weighted by atomic mass is 35.5. The first-order chi connectivity index (χ1) is 17.3. The van der Waals surface area contributed by atoms with Crippen LogP contribution >= 0.6 is 11.6 Å². The number of nitrogens with one attached hydrogen (secondary N) is 2. The van der Waals surface area contributed by atoms with Gasteiger partial charge in [0.1, 0.15) is 11.6 Å². The van der Waals surface area contributed by atoms with E-state index >= 15 is 0 Å². The molecule has 1 aromatic carbocycles. The van der Waals surface area contributed by atoms with E-state index in [0.717, 1.165) is 38.8 Å². The predicted molar refractivity (Wildman–Crippen MR) is 137 cm³/mol. The van der Waals surface area contributed by atoms with Gasteiger partial charge in [-0.1, -0.05) is 44.2 Å². The van der Waals surface area contributed by atoms with Crippen molar-refractivity contribution in [3.8, 4) is 5.75 Å². The summed E-state index contributed by atoms with van der Waals surface area (Å²) in [5, 5.41) is 6.51. The van der Waals surface area contributed by atoms with Gasteiger partial charge in [-0.3, -0.25) is 14.5 Å². The van der Waals surface area contributed by atoms with E-state index in [0.29, 0.717) is 17.9 Å². The number of halogens is 2. The summed E-state index contributed by atoms with van der Waals surface area (Å²) < 4.78 is 19.0. The van der Waals surface area contributed by atoms with Gasteiger partial charge in [0, 0.05) is 30.2 Å². The molecule has 4 aliphatic carbocycles. The molecular weight excluding hydrogens is 481 g/mol. The van der Waals surface area contributed by atoms with Crippen molar-refractivity contribution in [2.75, 3.05) is 19.7 Å². The van der Waals surface area contributed by atoms with Gasteiger partial charge in [-0.05, 0) is 69.0 Å². The van der Waals surface area contributed by atoms with Crippen molar-refractivity contribution in [3.05, 3.63) is 29.0 Å². The Hall–Kier alpha value is -1.86. The average molecular weight is 520 g/mol. The fourth-order valence-electron chi connectivity index (χ4n) is 7.01. The fourth-order valence-corrected chi connectivity index (χ4v) is 7.13. The van der Waals surface area contributed by atoms with Crippen LogP contribution in [0.5, 0.6) is 5.75 Å². The highest BCUT2D eigenvalue weighted by molar-refractivity contribution is 6.30. The molecule has 198 valence electrons. The van der Waals surface area contributed by atoms with E-state index in [4.69, 9.17) is 16.3 Å². The summed E-state index contributed by atoms with van der Waals surface area (Å²) in [6.07, 6.45) is 11.5. The van der Waals surface area contributed by atoms with Crippen molar-refractivity contribution in [1.29, 1.82) is 0 Å². The molecule has 5 aliphatic rings. The highest BCUT2D eigenvalue weighted by Crippen LogP contribution is 2.52. The van der Waals surface area contributed by atoms with E-state index in [9.17, 15) is 14.0 Å². The molecule has 6 rings (SSSR count). The first-order valence-corrected chi connectivity index (χ1v) is 14.1. The van der Waals surface area contributed by atoms with Crippen molar-refractivity contribution in [2.24, 2.45) is 17.8 Å². The lowest BCUT2D eigenvalue weighted by Gasteiger charge is -2.44. The van der Waals surface area contributed by atoms with Crippen molar-refractivity contribution < 1.29 is 18.7 Å². The number of carbonyl (C=O) groups excluding carboxylic acids is 2. The molecule has 0 spiro atoms. The van der Waals surface area contributed by atoms with Crippen LogP contribution < -0.4 is 15.4 Å². The predicted octanol–water partition coefficient (Wildman–Crippen LogP) is 4.69. The lowest BCUT2D eigenvalue weighted by Crippen LogP contribution is -2.57. The molecular formula is C28H39ClFN3O3. The lowest BCUT2D eigenvalue weighted by molar-refractivity contribution is -0.132. The summed E-state index contributed by atoms with van der Waals surface area (Å²) in [6, 6.07) is 4.80. The number of benzene rings is 1. The maximum absolute atomic E-state index is 13.6. The molecule has 0 aromatic heterocycles. The Kier molecular flexibility index (Phi) is 7.78.